The molecule has 0 saturated carbocycles. The van der Waals surface area contributed by atoms with Gasteiger partial charge >= 0.3 is 0 Å². The number of halogens is 1. The summed E-state index contributed by atoms with van der Waals surface area (Å²) in [5.74, 6) is 0.850. The van der Waals surface area contributed by atoms with Gasteiger partial charge in [0, 0.05) is 25.0 Å². The largest absolute Gasteiger partial charge is 0.508 e. The second-order valence-electron chi connectivity index (χ2n) is 4.54. The second-order valence-corrected chi connectivity index (χ2v) is 4.91. The molecule has 0 aromatic heterocycles. The van der Waals surface area contributed by atoms with Gasteiger partial charge in [-0.1, -0.05) is 12.1 Å². The zero-order chi connectivity index (χ0) is 13.4. The number of hydrogen-bond acceptors (Lipinski definition) is 3. The number of alkyl halides is 1. The Morgan fingerprint density at radius 2 is 2.11 bits per heavy atom. The summed E-state index contributed by atoms with van der Waals surface area (Å²) in [6.07, 6.45) is 0. The van der Waals surface area contributed by atoms with E-state index >= 15 is 0 Å². The van der Waals surface area contributed by atoms with E-state index in [1.807, 2.05) is 12.1 Å². The van der Waals surface area contributed by atoms with Crippen LogP contribution in [0.4, 0.5) is 0 Å². The Morgan fingerprint density at radius 3 is 2.72 bits per heavy atom. The minimum Gasteiger partial charge on any atom is -0.508 e. The molecule has 0 atom stereocenters. The molecule has 0 aliphatic carbocycles. The molecule has 1 rings (SSSR count). The molecule has 3 nitrogen and oxygen atoms in total. The number of aromatic hydroxyl groups is 1. The van der Waals surface area contributed by atoms with Gasteiger partial charge in [-0.25, -0.2) is 0 Å². The first kappa shape index (κ1) is 15.3. The van der Waals surface area contributed by atoms with Gasteiger partial charge in [0.15, 0.2) is 0 Å². The van der Waals surface area contributed by atoms with Gasteiger partial charge in [0.2, 0.25) is 0 Å². The normalized spacial score (nSPS) is 11.4. The summed E-state index contributed by atoms with van der Waals surface area (Å²) >= 11 is 5.56. The summed E-state index contributed by atoms with van der Waals surface area (Å²) in [4.78, 5) is 2.31. The highest BCUT2D eigenvalue weighted by atomic mass is 35.5. The number of phenols is 1. The monoisotopic (exact) mass is 271 g/mol. The molecule has 1 N–H and O–H groups in total. The lowest BCUT2D eigenvalue weighted by Crippen LogP contribution is -2.33. The van der Waals surface area contributed by atoms with Gasteiger partial charge in [0.05, 0.1) is 13.2 Å². The molecule has 0 amide bonds. The Balaban J connectivity index is 2.47. The lowest BCUT2D eigenvalue weighted by atomic mass is 10.2. The van der Waals surface area contributed by atoms with E-state index in [1.165, 1.54) is 0 Å². The molecule has 0 heterocycles. The fourth-order valence-corrected chi connectivity index (χ4v) is 1.86. The zero-order valence-electron chi connectivity index (χ0n) is 11.1. The van der Waals surface area contributed by atoms with E-state index in [4.69, 9.17) is 16.3 Å². The highest BCUT2D eigenvalue weighted by Gasteiger charge is 2.10. The van der Waals surface area contributed by atoms with Gasteiger partial charge in [-0.15, -0.1) is 11.6 Å². The van der Waals surface area contributed by atoms with Gasteiger partial charge < -0.3 is 9.84 Å². The molecule has 1 aromatic carbocycles. The van der Waals surface area contributed by atoms with Crippen LogP contribution in [-0.4, -0.2) is 41.7 Å². The summed E-state index contributed by atoms with van der Waals surface area (Å²) in [5, 5.41) is 9.45. The van der Waals surface area contributed by atoms with Crippen molar-refractivity contribution in [2.75, 3.05) is 25.6 Å². The third-order valence-corrected chi connectivity index (χ3v) is 2.93. The zero-order valence-corrected chi connectivity index (χ0v) is 11.9. The van der Waals surface area contributed by atoms with E-state index in [2.05, 4.69) is 18.7 Å². The first-order valence-electron chi connectivity index (χ1n) is 6.29. The molecule has 0 unspecified atom stereocenters. The maximum Gasteiger partial charge on any atom is 0.115 e. The van der Waals surface area contributed by atoms with Crippen LogP contribution in [0.1, 0.15) is 19.4 Å². The van der Waals surface area contributed by atoms with Gasteiger partial charge in [-0.3, -0.25) is 4.90 Å². The minimum atomic E-state index is 0.314. The van der Waals surface area contributed by atoms with Crippen LogP contribution in [0.5, 0.6) is 5.75 Å². The lowest BCUT2D eigenvalue weighted by molar-refractivity contribution is 0.0983. The van der Waals surface area contributed by atoms with Crippen LogP contribution in [0.3, 0.4) is 0 Å². The van der Waals surface area contributed by atoms with E-state index in [0.29, 0.717) is 30.9 Å². The van der Waals surface area contributed by atoms with E-state index in [9.17, 15) is 5.11 Å². The van der Waals surface area contributed by atoms with Crippen LogP contribution in [0.2, 0.25) is 0 Å². The fraction of sp³-hybridized carbons (Fsp3) is 0.571. The van der Waals surface area contributed by atoms with Crippen molar-refractivity contribution in [3.63, 3.8) is 0 Å². The SMILES string of the molecule is CC(C)N(CCOCCCl)Cc1cccc(O)c1. The molecule has 1 aromatic rings. The van der Waals surface area contributed by atoms with E-state index in [-0.39, 0.29) is 0 Å². The predicted octanol–water partition coefficient (Wildman–Crippen LogP) is 2.86. The van der Waals surface area contributed by atoms with E-state index in [0.717, 1.165) is 18.7 Å². The molecule has 102 valence electrons. The Morgan fingerprint density at radius 1 is 1.33 bits per heavy atom. The molecule has 0 spiro atoms. The van der Waals surface area contributed by atoms with Gasteiger partial charge in [-0.2, -0.15) is 0 Å². The number of rotatable bonds is 8. The van der Waals surface area contributed by atoms with E-state index in [1.54, 1.807) is 12.1 Å². The molecular weight excluding hydrogens is 250 g/mol. The molecule has 0 radical (unpaired) electrons. The van der Waals surface area contributed by atoms with Crippen molar-refractivity contribution in [3.05, 3.63) is 29.8 Å². The molecule has 0 aliphatic rings. The predicted molar refractivity (Wildman–Crippen MR) is 75.2 cm³/mol. The number of benzene rings is 1. The van der Waals surface area contributed by atoms with Crippen LogP contribution < -0.4 is 0 Å². The molecule has 4 heteroatoms. The summed E-state index contributed by atoms with van der Waals surface area (Å²) in [7, 11) is 0. The number of phenolic OH excluding ortho intramolecular Hbond substituents is 1. The molecule has 0 aliphatic heterocycles. The average molecular weight is 272 g/mol. The van der Waals surface area contributed by atoms with Crippen molar-refractivity contribution in [2.45, 2.75) is 26.4 Å². The Kier molecular flexibility index (Phi) is 7.09. The topological polar surface area (TPSA) is 32.7 Å². The van der Waals surface area contributed by atoms with Crippen LogP contribution in [0, 0.1) is 0 Å². The first-order chi connectivity index (χ1) is 8.63. The Hall–Kier alpha value is -0.770. The van der Waals surface area contributed by atoms with Crippen molar-refractivity contribution in [3.8, 4) is 5.75 Å². The minimum absolute atomic E-state index is 0.314. The van der Waals surface area contributed by atoms with Gasteiger partial charge in [0.1, 0.15) is 5.75 Å². The molecule has 0 saturated heterocycles. The smallest absolute Gasteiger partial charge is 0.115 e. The highest BCUT2D eigenvalue weighted by molar-refractivity contribution is 6.17. The maximum absolute atomic E-state index is 9.45. The molecular formula is C14H22ClNO2. The standard InChI is InChI=1S/C14H22ClNO2/c1-12(2)16(7-9-18-8-6-15)11-13-4-3-5-14(17)10-13/h3-5,10,12,17H,6-9,11H2,1-2H3. The maximum atomic E-state index is 9.45. The third kappa shape index (κ3) is 5.71. The number of hydrogen-bond donors (Lipinski definition) is 1. The van der Waals surface area contributed by atoms with E-state index < -0.39 is 0 Å². The summed E-state index contributed by atoms with van der Waals surface area (Å²) in [6, 6.07) is 7.82. The number of ether oxygens (including phenoxy) is 1. The third-order valence-electron chi connectivity index (χ3n) is 2.77. The van der Waals surface area contributed by atoms with Crippen molar-refractivity contribution in [1.29, 1.82) is 0 Å². The fourth-order valence-electron chi connectivity index (χ4n) is 1.75. The van der Waals surface area contributed by atoms with Crippen LogP contribution in [0.25, 0.3) is 0 Å². The van der Waals surface area contributed by atoms with Crippen LogP contribution >= 0.6 is 11.6 Å². The Bertz CT molecular complexity index is 344. The quantitative estimate of drug-likeness (QED) is 0.583. The van der Waals surface area contributed by atoms with Crippen molar-refractivity contribution < 1.29 is 9.84 Å². The van der Waals surface area contributed by atoms with Gasteiger partial charge in [-0.05, 0) is 31.5 Å². The van der Waals surface area contributed by atoms with Crippen molar-refractivity contribution >= 4 is 11.6 Å². The lowest BCUT2D eigenvalue weighted by Gasteiger charge is -2.26. The second kappa shape index (κ2) is 8.35. The summed E-state index contributed by atoms with van der Waals surface area (Å²) in [6.45, 7) is 7.28. The van der Waals surface area contributed by atoms with Crippen molar-refractivity contribution in [1.82, 2.24) is 4.90 Å². The first-order valence-corrected chi connectivity index (χ1v) is 6.82. The Labute approximate surface area is 114 Å². The average Bonchev–Trinajstić information content (AvgIpc) is 2.33. The summed E-state index contributed by atoms with van der Waals surface area (Å²) < 4.78 is 5.40. The highest BCUT2D eigenvalue weighted by Crippen LogP contribution is 2.14. The van der Waals surface area contributed by atoms with Crippen LogP contribution in [0.15, 0.2) is 24.3 Å². The number of nitrogens with zero attached hydrogens (tertiary/aromatic N) is 1. The molecule has 18 heavy (non-hydrogen) atoms. The van der Waals surface area contributed by atoms with Crippen LogP contribution in [-0.2, 0) is 11.3 Å². The van der Waals surface area contributed by atoms with Gasteiger partial charge in [0.25, 0.3) is 0 Å². The summed E-state index contributed by atoms with van der Waals surface area (Å²) in [5.41, 5.74) is 1.11. The van der Waals surface area contributed by atoms with Crippen molar-refractivity contribution in [2.24, 2.45) is 0 Å². The molecule has 0 bridgehead atoms. The molecule has 0 fully saturated rings.